The monoisotopic (exact) mass is 426 g/mol. The second kappa shape index (κ2) is 8.03. The fourth-order valence-corrected chi connectivity index (χ4v) is 4.57. The van der Waals surface area contributed by atoms with Gasteiger partial charge in [-0.3, -0.25) is 19.3 Å². The van der Waals surface area contributed by atoms with E-state index in [0.29, 0.717) is 41.9 Å². The lowest BCUT2D eigenvalue weighted by Gasteiger charge is -2.38. The van der Waals surface area contributed by atoms with Crippen molar-refractivity contribution in [3.8, 4) is 0 Å². The fourth-order valence-electron chi connectivity index (χ4n) is 4.28. The molecule has 7 heteroatoms. The molecule has 0 saturated heterocycles. The van der Waals surface area contributed by atoms with E-state index < -0.39 is 11.7 Å². The first-order valence-electron chi connectivity index (χ1n) is 9.77. The van der Waals surface area contributed by atoms with E-state index in [1.165, 1.54) is 19.1 Å². The topological polar surface area (TPSA) is 66.5 Å². The first-order valence-corrected chi connectivity index (χ1v) is 10.2. The molecule has 0 radical (unpaired) electrons. The molecule has 0 spiro atoms. The number of halogens is 2. The van der Waals surface area contributed by atoms with Crippen molar-refractivity contribution < 1.29 is 18.8 Å². The Balaban J connectivity index is 1.81. The molecule has 5 nitrogen and oxygen atoms in total. The Labute approximate surface area is 178 Å². The van der Waals surface area contributed by atoms with E-state index in [4.69, 9.17) is 11.6 Å². The van der Waals surface area contributed by atoms with Crippen LogP contribution in [0.15, 0.2) is 53.7 Å². The molecule has 2 aromatic rings. The first-order chi connectivity index (χ1) is 14.4. The SMILES string of the molecule is CC(=O)Nc1ccc(N2C(=O)CC(c3c(F)cccc3Cl)C3=C2CCCC3=O)cc1. The Morgan fingerprint density at radius 1 is 1.13 bits per heavy atom. The van der Waals surface area contributed by atoms with Crippen LogP contribution in [0.1, 0.15) is 44.1 Å². The highest BCUT2D eigenvalue weighted by Crippen LogP contribution is 2.45. The quantitative estimate of drug-likeness (QED) is 0.753. The Morgan fingerprint density at radius 3 is 2.53 bits per heavy atom. The second-order valence-electron chi connectivity index (χ2n) is 7.49. The molecule has 1 atom stereocenters. The summed E-state index contributed by atoms with van der Waals surface area (Å²) in [5.41, 5.74) is 2.50. The predicted octanol–water partition coefficient (Wildman–Crippen LogP) is 4.97. The number of nitrogens with one attached hydrogen (secondary N) is 1. The van der Waals surface area contributed by atoms with Gasteiger partial charge in [-0.2, -0.15) is 0 Å². The molecule has 2 amide bonds. The molecular weight excluding hydrogens is 407 g/mol. The average molecular weight is 427 g/mol. The molecule has 4 rings (SSSR count). The van der Waals surface area contributed by atoms with Crippen LogP contribution in [0, 0.1) is 5.82 Å². The second-order valence-corrected chi connectivity index (χ2v) is 7.89. The third-order valence-corrected chi connectivity index (χ3v) is 5.80. The van der Waals surface area contributed by atoms with E-state index in [2.05, 4.69) is 5.32 Å². The molecule has 1 aliphatic carbocycles. The normalized spacial score (nSPS) is 19.0. The zero-order chi connectivity index (χ0) is 21.4. The summed E-state index contributed by atoms with van der Waals surface area (Å²) in [7, 11) is 0. The number of amides is 2. The molecular formula is C23H20ClFN2O3. The predicted molar refractivity (Wildman–Crippen MR) is 113 cm³/mol. The smallest absolute Gasteiger partial charge is 0.232 e. The van der Waals surface area contributed by atoms with Gasteiger partial charge in [-0.1, -0.05) is 17.7 Å². The van der Waals surface area contributed by atoms with E-state index in [1.54, 1.807) is 35.2 Å². The van der Waals surface area contributed by atoms with Crippen LogP contribution in [0.5, 0.6) is 0 Å². The molecule has 154 valence electrons. The Bertz CT molecular complexity index is 1060. The van der Waals surface area contributed by atoms with Gasteiger partial charge in [0.1, 0.15) is 5.82 Å². The first kappa shape index (κ1) is 20.3. The molecule has 1 heterocycles. The van der Waals surface area contributed by atoms with Crippen molar-refractivity contribution in [1.82, 2.24) is 0 Å². The number of hydrogen-bond donors (Lipinski definition) is 1. The Morgan fingerprint density at radius 2 is 1.87 bits per heavy atom. The number of ketones is 1. The number of nitrogens with zero attached hydrogens (tertiary/aromatic N) is 1. The summed E-state index contributed by atoms with van der Waals surface area (Å²) >= 11 is 6.27. The van der Waals surface area contributed by atoms with Gasteiger partial charge in [-0.05, 0) is 49.2 Å². The largest absolute Gasteiger partial charge is 0.326 e. The van der Waals surface area contributed by atoms with Crippen molar-refractivity contribution in [2.45, 2.75) is 38.5 Å². The summed E-state index contributed by atoms with van der Waals surface area (Å²) in [4.78, 5) is 38.8. The lowest BCUT2D eigenvalue weighted by molar-refractivity contribution is -0.120. The van der Waals surface area contributed by atoms with Gasteiger partial charge in [0.25, 0.3) is 0 Å². The highest BCUT2D eigenvalue weighted by atomic mass is 35.5. The Hall–Kier alpha value is -2.99. The molecule has 2 aromatic carbocycles. The molecule has 0 saturated carbocycles. The van der Waals surface area contributed by atoms with E-state index in [0.717, 1.165) is 0 Å². The number of rotatable bonds is 3. The molecule has 30 heavy (non-hydrogen) atoms. The van der Waals surface area contributed by atoms with E-state index in [9.17, 15) is 18.8 Å². The summed E-state index contributed by atoms with van der Waals surface area (Å²) < 4.78 is 14.6. The number of carbonyl (C=O) groups is 3. The molecule has 0 bridgehead atoms. The molecule has 1 aliphatic heterocycles. The molecule has 0 aromatic heterocycles. The number of benzene rings is 2. The van der Waals surface area contributed by atoms with Crippen LogP contribution in [0.4, 0.5) is 15.8 Å². The molecule has 1 N–H and O–H groups in total. The van der Waals surface area contributed by atoms with Crippen LogP contribution in [0.25, 0.3) is 0 Å². The minimum atomic E-state index is -0.691. The van der Waals surface area contributed by atoms with Gasteiger partial charge in [0.15, 0.2) is 5.78 Å². The van der Waals surface area contributed by atoms with Gasteiger partial charge in [0.05, 0.1) is 0 Å². The van der Waals surface area contributed by atoms with Gasteiger partial charge in [0, 0.05) is 58.9 Å². The van der Waals surface area contributed by atoms with Crippen molar-refractivity contribution in [3.63, 3.8) is 0 Å². The lowest BCUT2D eigenvalue weighted by atomic mass is 9.77. The maximum absolute atomic E-state index is 14.6. The van der Waals surface area contributed by atoms with Gasteiger partial charge in [0.2, 0.25) is 11.8 Å². The van der Waals surface area contributed by atoms with Gasteiger partial charge >= 0.3 is 0 Å². The summed E-state index contributed by atoms with van der Waals surface area (Å²) in [6.07, 6.45) is 1.50. The van der Waals surface area contributed by atoms with Crippen molar-refractivity contribution >= 4 is 40.6 Å². The number of Topliss-reactive ketones (excluding diaryl/α,β-unsaturated/α-hetero) is 1. The average Bonchev–Trinajstić information content (AvgIpc) is 2.68. The zero-order valence-electron chi connectivity index (χ0n) is 16.4. The Kier molecular flexibility index (Phi) is 5.43. The number of hydrogen-bond acceptors (Lipinski definition) is 3. The summed E-state index contributed by atoms with van der Waals surface area (Å²) in [5, 5.41) is 2.90. The third kappa shape index (κ3) is 3.63. The third-order valence-electron chi connectivity index (χ3n) is 5.47. The van der Waals surface area contributed by atoms with Crippen molar-refractivity contribution in [2.75, 3.05) is 10.2 Å². The van der Waals surface area contributed by atoms with Crippen molar-refractivity contribution in [3.05, 3.63) is 70.1 Å². The maximum atomic E-state index is 14.6. The molecule has 1 unspecified atom stereocenters. The maximum Gasteiger partial charge on any atom is 0.232 e. The van der Waals surface area contributed by atoms with Crippen LogP contribution in [0.3, 0.4) is 0 Å². The molecule has 2 aliphatic rings. The van der Waals surface area contributed by atoms with Gasteiger partial charge in [-0.25, -0.2) is 4.39 Å². The summed E-state index contributed by atoms with van der Waals surface area (Å²) in [5.74, 6) is -1.69. The van der Waals surface area contributed by atoms with E-state index in [-0.39, 0.29) is 34.6 Å². The van der Waals surface area contributed by atoms with Crippen LogP contribution in [-0.2, 0) is 14.4 Å². The zero-order valence-corrected chi connectivity index (χ0v) is 17.1. The van der Waals surface area contributed by atoms with Crippen LogP contribution < -0.4 is 10.2 Å². The highest BCUT2D eigenvalue weighted by Gasteiger charge is 2.41. The fraction of sp³-hybridized carbons (Fsp3) is 0.261. The lowest BCUT2D eigenvalue weighted by Crippen LogP contribution is -2.40. The van der Waals surface area contributed by atoms with Crippen LogP contribution in [0.2, 0.25) is 5.02 Å². The van der Waals surface area contributed by atoms with Crippen molar-refractivity contribution in [2.24, 2.45) is 0 Å². The van der Waals surface area contributed by atoms with Crippen LogP contribution >= 0.6 is 11.6 Å². The number of allylic oxidation sites excluding steroid dienone is 2. The van der Waals surface area contributed by atoms with Crippen LogP contribution in [-0.4, -0.2) is 17.6 Å². The molecule has 0 fully saturated rings. The van der Waals surface area contributed by atoms with Crippen molar-refractivity contribution in [1.29, 1.82) is 0 Å². The van der Waals surface area contributed by atoms with Gasteiger partial charge < -0.3 is 5.32 Å². The van der Waals surface area contributed by atoms with E-state index in [1.807, 2.05) is 0 Å². The standard InChI is InChI=1S/C23H20ClFN2O3/c1-13(28)26-14-8-10-15(11-9-14)27-19-6-3-7-20(29)23(19)16(12-21(27)30)22-17(24)4-2-5-18(22)25/h2,4-5,8-11,16H,3,6-7,12H2,1H3,(H,26,28). The summed E-state index contributed by atoms with van der Waals surface area (Å²) in [6.45, 7) is 1.42. The van der Waals surface area contributed by atoms with Gasteiger partial charge in [-0.15, -0.1) is 0 Å². The highest BCUT2D eigenvalue weighted by molar-refractivity contribution is 6.31. The summed E-state index contributed by atoms with van der Waals surface area (Å²) in [6, 6.07) is 11.2. The minimum absolute atomic E-state index is 0.0430. The number of carbonyl (C=O) groups excluding carboxylic acids is 3. The minimum Gasteiger partial charge on any atom is -0.326 e. The van der Waals surface area contributed by atoms with E-state index >= 15 is 0 Å². The number of anilines is 2.